The fourth-order valence-corrected chi connectivity index (χ4v) is 11.2. The van der Waals surface area contributed by atoms with Gasteiger partial charge in [-0.15, -0.1) is 11.3 Å². The Kier molecular flexibility index (Phi) is 9.40. The van der Waals surface area contributed by atoms with Crippen LogP contribution >= 0.6 is 11.3 Å². The number of benzene rings is 11. The summed E-state index contributed by atoms with van der Waals surface area (Å²) in [5.41, 5.74) is 16.5. The summed E-state index contributed by atoms with van der Waals surface area (Å²) < 4.78 is 4.96. The Morgan fingerprint density at radius 3 is 1.43 bits per heavy atom. The van der Waals surface area contributed by atoms with Gasteiger partial charge in [-0.25, -0.2) is 0 Å². The Hall–Kier alpha value is -8.50. The molecular formula is C64H42N2S. The lowest BCUT2D eigenvalue weighted by molar-refractivity contribution is 1.18. The zero-order valence-corrected chi connectivity index (χ0v) is 37.4. The van der Waals surface area contributed by atoms with Crippen molar-refractivity contribution < 1.29 is 0 Å². The molecule has 2 nitrogen and oxygen atoms in total. The molecule has 13 rings (SSSR count). The molecule has 0 fully saturated rings. The maximum Gasteiger partial charge on any atom is 0.0554 e. The summed E-state index contributed by atoms with van der Waals surface area (Å²) in [5.74, 6) is 0. The van der Waals surface area contributed by atoms with E-state index >= 15 is 0 Å². The van der Waals surface area contributed by atoms with Crippen LogP contribution in [0.4, 0.5) is 17.1 Å². The number of fused-ring (bicyclic) bond motifs is 7. The molecule has 0 aliphatic carbocycles. The van der Waals surface area contributed by atoms with Gasteiger partial charge < -0.3 is 9.47 Å². The number of para-hydroxylation sites is 2. The molecule has 11 aromatic carbocycles. The number of nitrogens with zero attached hydrogens (tertiary/aromatic N) is 2. The number of anilines is 3. The topological polar surface area (TPSA) is 8.17 Å². The van der Waals surface area contributed by atoms with Crippen LogP contribution in [0.3, 0.4) is 0 Å². The van der Waals surface area contributed by atoms with Crippen LogP contribution in [0.1, 0.15) is 0 Å². The van der Waals surface area contributed by atoms with Crippen LogP contribution in [0.15, 0.2) is 255 Å². The van der Waals surface area contributed by atoms with Crippen molar-refractivity contribution in [3.8, 4) is 50.2 Å². The van der Waals surface area contributed by atoms with Crippen molar-refractivity contribution in [1.82, 2.24) is 4.57 Å². The highest BCUT2D eigenvalue weighted by atomic mass is 32.1. The van der Waals surface area contributed by atoms with E-state index < -0.39 is 0 Å². The van der Waals surface area contributed by atoms with Gasteiger partial charge in [-0.1, -0.05) is 176 Å². The van der Waals surface area contributed by atoms with Crippen LogP contribution in [0.25, 0.3) is 103 Å². The molecule has 0 aliphatic rings. The molecular weight excluding hydrogens is 829 g/mol. The van der Waals surface area contributed by atoms with E-state index in [1.54, 1.807) is 0 Å². The lowest BCUT2D eigenvalue weighted by Crippen LogP contribution is -2.10. The molecule has 3 heteroatoms. The summed E-state index contributed by atoms with van der Waals surface area (Å²) in [6, 6.07) is 93.1. The van der Waals surface area contributed by atoms with Gasteiger partial charge in [-0.3, -0.25) is 0 Å². The fourth-order valence-electron chi connectivity index (χ4n) is 10.1. The highest BCUT2D eigenvalue weighted by Gasteiger charge is 2.19. The van der Waals surface area contributed by atoms with E-state index in [-0.39, 0.29) is 0 Å². The predicted octanol–water partition coefficient (Wildman–Crippen LogP) is 18.4. The van der Waals surface area contributed by atoms with Gasteiger partial charge in [-0.05, 0) is 134 Å². The van der Waals surface area contributed by atoms with Crippen LogP contribution in [-0.2, 0) is 0 Å². The Bertz CT molecular complexity index is 3920. The summed E-state index contributed by atoms with van der Waals surface area (Å²) in [6.45, 7) is 0. The van der Waals surface area contributed by atoms with E-state index in [2.05, 4.69) is 264 Å². The summed E-state index contributed by atoms with van der Waals surface area (Å²) in [5, 5.41) is 7.61. The minimum absolute atomic E-state index is 1.11. The lowest BCUT2D eigenvalue weighted by Gasteiger charge is -2.27. The summed E-state index contributed by atoms with van der Waals surface area (Å²) in [6.07, 6.45) is 0. The molecule has 314 valence electrons. The Balaban J connectivity index is 0.836. The molecule has 0 N–H and O–H groups in total. The Labute approximate surface area is 393 Å². The van der Waals surface area contributed by atoms with Crippen molar-refractivity contribution in [3.63, 3.8) is 0 Å². The molecule has 13 aromatic rings. The molecule has 0 amide bonds. The molecule has 0 saturated carbocycles. The van der Waals surface area contributed by atoms with Crippen molar-refractivity contribution in [2.24, 2.45) is 0 Å². The Morgan fingerprint density at radius 2 is 0.761 bits per heavy atom. The average Bonchev–Trinajstić information content (AvgIpc) is 3.96. The molecule has 0 bridgehead atoms. The first-order chi connectivity index (χ1) is 33.2. The minimum Gasteiger partial charge on any atom is -0.310 e. The third-order valence-electron chi connectivity index (χ3n) is 13.4. The zero-order valence-electron chi connectivity index (χ0n) is 36.6. The van der Waals surface area contributed by atoms with Crippen molar-refractivity contribution in [1.29, 1.82) is 0 Å². The van der Waals surface area contributed by atoms with Crippen LogP contribution in [0.5, 0.6) is 0 Å². The molecule has 0 spiro atoms. The smallest absolute Gasteiger partial charge is 0.0554 e. The first-order valence-electron chi connectivity index (χ1n) is 22.9. The largest absolute Gasteiger partial charge is 0.310 e. The maximum absolute atomic E-state index is 2.42. The molecule has 2 aromatic heterocycles. The van der Waals surface area contributed by atoms with Crippen LogP contribution in [0, 0.1) is 0 Å². The Morgan fingerprint density at radius 1 is 0.299 bits per heavy atom. The van der Waals surface area contributed by atoms with E-state index in [4.69, 9.17) is 0 Å². The van der Waals surface area contributed by atoms with Gasteiger partial charge in [0, 0.05) is 48.0 Å². The summed E-state index contributed by atoms with van der Waals surface area (Å²) >= 11 is 1.86. The second-order valence-corrected chi connectivity index (χ2v) is 18.4. The maximum atomic E-state index is 2.42. The highest BCUT2D eigenvalue weighted by molar-refractivity contribution is 7.26. The lowest BCUT2D eigenvalue weighted by atomic mass is 9.97. The molecule has 0 unspecified atom stereocenters. The first-order valence-corrected chi connectivity index (χ1v) is 23.7. The molecule has 0 aliphatic heterocycles. The van der Waals surface area contributed by atoms with Crippen molar-refractivity contribution in [2.45, 2.75) is 0 Å². The van der Waals surface area contributed by atoms with Gasteiger partial charge in [0.05, 0.1) is 16.7 Å². The van der Waals surface area contributed by atoms with E-state index in [0.29, 0.717) is 0 Å². The van der Waals surface area contributed by atoms with Crippen LogP contribution in [-0.4, -0.2) is 4.57 Å². The van der Waals surface area contributed by atoms with E-state index in [1.807, 2.05) is 11.3 Å². The minimum atomic E-state index is 1.11. The molecule has 0 saturated heterocycles. The van der Waals surface area contributed by atoms with E-state index in [1.165, 1.54) is 103 Å². The van der Waals surface area contributed by atoms with E-state index in [0.717, 1.165) is 17.1 Å². The molecule has 0 radical (unpaired) electrons. The number of hydrogen-bond acceptors (Lipinski definition) is 2. The fraction of sp³-hybridized carbons (Fsp3) is 0. The number of aromatic nitrogens is 1. The second-order valence-electron chi connectivity index (χ2n) is 17.3. The van der Waals surface area contributed by atoms with Gasteiger partial charge >= 0.3 is 0 Å². The first kappa shape index (κ1) is 38.9. The third-order valence-corrected chi connectivity index (χ3v) is 14.5. The molecule has 67 heavy (non-hydrogen) atoms. The van der Waals surface area contributed by atoms with Gasteiger partial charge in [0.15, 0.2) is 0 Å². The van der Waals surface area contributed by atoms with E-state index in [9.17, 15) is 0 Å². The summed E-state index contributed by atoms with van der Waals surface area (Å²) in [4.78, 5) is 2.42. The van der Waals surface area contributed by atoms with Crippen LogP contribution in [0.2, 0.25) is 0 Å². The number of rotatable bonds is 8. The average molecular weight is 871 g/mol. The monoisotopic (exact) mass is 870 g/mol. The quantitative estimate of drug-likeness (QED) is 0.148. The van der Waals surface area contributed by atoms with Gasteiger partial charge in [0.25, 0.3) is 0 Å². The van der Waals surface area contributed by atoms with Crippen molar-refractivity contribution in [3.05, 3.63) is 255 Å². The standard InChI is InChI=1S/C64H42N2S/c1-2-13-48-41-52(31-30-43(48)12-1)50-15-9-14-49(40-50)47-34-38-54(39-35-47)65(61-23-11-25-63-64(61)58-20-5-8-24-62(58)67-63)53-36-32-45(33-37-53)44-26-28-46(29-27-44)51-16-10-17-55(42-51)66-59-21-6-3-18-56(59)57-19-4-7-22-60(57)66/h1-42H. The van der Waals surface area contributed by atoms with Crippen LogP contribution < -0.4 is 4.90 Å². The normalized spacial score (nSPS) is 11.6. The van der Waals surface area contributed by atoms with Gasteiger partial charge in [0.1, 0.15) is 0 Å². The zero-order chi connectivity index (χ0) is 44.3. The van der Waals surface area contributed by atoms with Gasteiger partial charge in [-0.2, -0.15) is 0 Å². The highest BCUT2D eigenvalue weighted by Crippen LogP contribution is 2.45. The van der Waals surface area contributed by atoms with Crippen molar-refractivity contribution >= 4 is 81.1 Å². The SMILES string of the molecule is c1cc(-c2ccc(N(c3ccc(-c4ccc(-c5cccc(-n6c7ccccc7c7ccccc76)c5)cc4)cc3)c3cccc4sc5ccccc5c34)cc2)cc(-c2ccc3ccccc3c2)c1. The third kappa shape index (κ3) is 6.88. The van der Waals surface area contributed by atoms with Crippen molar-refractivity contribution in [2.75, 3.05) is 4.90 Å². The predicted molar refractivity (Wildman–Crippen MR) is 288 cm³/mol. The molecule has 2 heterocycles. The summed E-state index contributed by atoms with van der Waals surface area (Å²) in [7, 11) is 0. The van der Waals surface area contributed by atoms with Gasteiger partial charge in [0.2, 0.25) is 0 Å². The number of hydrogen-bond donors (Lipinski definition) is 0. The second kappa shape index (κ2) is 16.2. The number of thiophene rings is 1. The molecule has 0 atom stereocenters.